The summed E-state index contributed by atoms with van der Waals surface area (Å²) < 4.78 is 22.8. The van der Waals surface area contributed by atoms with Gasteiger partial charge < -0.3 is 28.6 Å². The molecule has 8 heteroatoms. The molecular formula is C28H30N2O6. The summed E-state index contributed by atoms with van der Waals surface area (Å²) in [4.78, 5) is 18.1. The van der Waals surface area contributed by atoms with Crippen LogP contribution in [0.15, 0.2) is 77.2 Å². The van der Waals surface area contributed by atoms with Crippen LogP contribution in [-0.4, -0.2) is 42.4 Å². The number of carboxylic acids is 1. The number of rotatable bonds is 13. The minimum Gasteiger partial charge on any atom is -0.497 e. The summed E-state index contributed by atoms with van der Waals surface area (Å²) in [6, 6.07) is 23.1. The van der Waals surface area contributed by atoms with Crippen molar-refractivity contribution in [3.05, 3.63) is 78.4 Å². The number of oxazole rings is 1. The summed E-state index contributed by atoms with van der Waals surface area (Å²) >= 11 is 0. The Morgan fingerprint density at radius 2 is 1.81 bits per heavy atom. The number of carboxylic acid groups (broad SMARTS) is 1. The topological polar surface area (TPSA) is 94.3 Å². The maximum Gasteiger partial charge on any atom is 0.344 e. The Balaban J connectivity index is 1.46. The molecule has 0 aliphatic heterocycles. The lowest BCUT2D eigenvalue weighted by atomic mass is 10.2. The number of para-hydroxylation sites is 2. The summed E-state index contributed by atoms with van der Waals surface area (Å²) in [5.74, 6) is 1.09. The van der Waals surface area contributed by atoms with E-state index in [-0.39, 0.29) is 0 Å². The molecule has 188 valence electrons. The van der Waals surface area contributed by atoms with Gasteiger partial charge in [-0.2, -0.15) is 4.98 Å². The molecule has 3 aromatic carbocycles. The minimum absolute atomic E-state index is 0.378. The lowest BCUT2D eigenvalue weighted by Gasteiger charge is -2.21. The molecule has 0 aliphatic rings. The number of aliphatic carboxylic acids is 1. The molecule has 0 unspecified atom stereocenters. The van der Waals surface area contributed by atoms with Gasteiger partial charge >= 0.3 is 5.97 Å². The van der Waals surface area contributed by atoms with E-state index in [9.17, 15) is 9.90 Å². The number of hydrogen-bond donors (Lipinski definition) is 1. The Morgan fingerprint density at radius 3 is 2.53 bits per heavy atom. The van der Waals surface area contributed by atoms with Crippen LogP contribution in [0.1, 0.15) is 25.3 Å². The second-order valence-corrected chi connectivity index (χ2v) is 8.26. The molecule has 1 atom stereocenters. The van der Waals surface area contributed by atoms with Crippen molar-refractivity contribution in [3.63, 3.8) is 0 Å². The fourth-order valence-electron chi connectivity index (χ4n) is 3.77. The van der Waals surface area contributed by atoms with Crippen LogP contribution >= 0.6 is 0 Å². The number of nitrogens with zero attached hydrogens (tertiary/aromatic N) is 2. The van der Waals surface area contributed by atoms with E-state index in [4.69, 9.17) is 18.6 Å². The van der Waals surface area contributed by atoms with Gasteiger partial charge in [0.2, 0.25) is 0 Å². The molecule has 0 fully saturated rings. The van der Waals surface area contributed by atoms with Gasteiger partial charge in [-0.25, -0.2) is 4.79 Å². The summed E-state index contributed by atoms with van der Waals surface area (Å²) in [5.41, 5.74) is 2.46. The number of carbonyl (C=O) groups is 1. The molecule has 0 spiro atoms. The minimum atomic E-state index is -0.979. The third-order valence-corrected chi connectivity index (χ3v) is 5.65. The highest BCUT2D eigenvalue weighted by Crippen LogP contribution is 2.25. The average Bonchev–Trinajstić information content (AvgIpc) is 3.34. The molecule has 0 radical (unpaired) electrons. The zero-order chi connectivity index (χ0) is 25.3. The fraction of sp³-hybridized carbons (Fsp3) is 0.286. The predicted octanol–water partition coefficient (Wildman–Crippen LogP) is 5.55. The van der Waals surface area contributed by atoms with Crippen molar-refractivity contribution in [2.75, 3.05) is 25.2 Å². The van der Waals surface area contributed by atoms with E-state index in [1.165, 1.54) is 0 Å². The third-order valence-electron chi connectivity index (χ3n) is 5.65. The largest absolute Gasteiger partial charge is 0.497 e. The molecule has 0 bridgehead atoms. The predicted molar refractivity (Wildman–Crippen MR) is 137 cm³/mol. The maximum absolute atomic E-state index is 11.4. The van der Waals surface area contributed by atoms with E-state index in [1.54, 1.807) is 20.1 Å². The second-order valence-electron chi connectivity index (χ2n) is 8.26. The normalized spacial score (nSPS) is 11.7. The number of benzene rings is 3. The van der Waals surface area contributed by atoms with Crippen LogP contribution in [0.25, 0.3) is 11.1 Å². The number of anilines is 1. The van der Waals surface area contributed by atoms with Gasteiger partial charge in [0.05, 0.1) is 13.7 Å². The number of hydrogen-bond acceptors (Lipinski definition) is 7. The molecule has 0 saturated carbocycles. The second kappa shape index (κ2) is 12.0. The van der Waals surface area contributed by atoms with Crippen molar-refractivity contribution in [3.8, 4) is 17.2 Å². The highest BCUT2D eigenvalue weighted by atomic mass is 16.5. The molecule has 36 heavy (non-hydrogen) atoms. The standard InChI is InChI=1S/C28H30N2O6/c1-3-25(27(31)32)35-23-9-6-8-20(18-23)19-30(28-29-24-10-4-5-11-26(24)36-28)16-7-17-34-22-14-12-21(33-2)13-15-22/h4-6,8-15,18,25H,3,7,16-17,19H2,1-2H3,(H,31,32)/t25-/m0/s1. The maximum atomic E-state index is 11.4. The molecule has 1 heterocycles. The summed E-state index contributed by atoms with van der Waals surface area (Å²) in [7, 11) is 1.63. The van der Waals surface area contributed by atoms with E-state index >= 15 is 0 Å². The summed E-state index contributed by atoms with van der Waals surface area (Å²) in [5, 5.41) is 9.32. The van der Waals surface area contributed by atoms with E-state index in [2.05, 4.69) is 4.98 Å². The highest BCUT2D eigenvalue weighted by molar-refractivity contribution is 5.74. The fourth-order valence-corrected chi connectivity index (χ4v) is 3.77. The van der Waals surface area contributed by atoms with Gasteiger partial charge in [0.15, 0.2) is 11.7 Å². The van der Waals surface area contributed by atoms with Crippen LogP contribution in [-0.2, 0) is 11.3 Å². The average molecular weight is 491 g/mol. The summed E-state index contributed by atoms with van der Waals surface area (Å²) in [6.07, 6.45) is 0.226. The first kappa shape index (κ1) is 24.9. The smallest absolute Gasteiger partial charge is 0.344 e. The van der Waals surface area contributed by atoms with Crippen molar-refractivity contribution >= 4 is 23.1 Å². The number of fused-ring (bicyclic) bond motifs is 1. The first-order chi connectivity index (χ1) is 17.6. The first-order valence-corrected chi connectivity index (χ1v) is 11.9. The molecule has 1 aromatic heterocycles. The monoisotopic (exact) mass is 490 g/mol. The number of aromatic nitrogens is 1. The molecule has 8 nitrogen and oxygen atoms in total. The van der Waals surface area contributed by atoms with Crippen LogP contribution < -0.4 is 19.1 Å². The van der Waals surface area contributed by atoms with Crippen molar-refractivity contribution in [1.29, 1.82) is 0 Å². The van der Waals surface area contributed by atoms with Crippen LogP contribution in [0.4, 0.5) is 6.01 Å². The number of methoxy groups -OCH3 is 1. The van der Waals surface area contributed by atoms with Crippen LogP contribution in [0.5, 0.6) is 17.2 Å². The Kier molecular flexibility index (Phi) is 8.28. The van der Waals surface area contributed by atoms with Gasteiger partial charge in [-0.05, 0) is 66.9 Å². The van der Waals surface area contributed by atoms with Gasteiger partial charge in [-0.15, -0.1) is 0 Å². The zero-order valence-electron chi connectivity index (χ0n) is 20.4. The van der Waals surface area contributed by atoms with E-state index < -0.39 is 12.1 Å². The van der Waals surface area contributed by atoms with Crippen molar-refractivity contribution < 1.29 is 28.5 Å². The Morgan fingerprint density at radius 1 is 1.03 bits per heavy atom. The van der Waals surface area contributed by atoms with Crippen LogP contribution in [0, 0.1) is 0 Å². The third kappa shape index (κ3) is 6.47. The highest BCUT2D eigenvalue weighted by Gasteiger charge is 2.18. The molecule has 0 saturated heterocycles. The Labute approximate surface area is 210 Å². The zero-order valence-corrected chi connectivity index (χ0v) is 20.4. The van der Waals surface area contributed by atoms with Crippen molar-refractivity contribution in [2.24, 2.45) is 0 Å². The van der Waals surface area contributed by atoms with Gasteiger partial charge in [-0.1, -0.05) is 31.2 Å². The van der Waals surface area contributed by atoms with Crippen LogP contribution in [0.3, 0.4) is 0 Å². The van der Waals surface area contributed by atoms with E-state index in [0.29, 0.717) is 37.9 Å². The lowest BCUT2D eigenvalue weighted by Crippen LogP contribution is -2.27. The van der Waals surface area contributed by atoms with Gasteiger partial charge in [0, 0.05) is 13.1 Å². The van der Waals surface area contributed by atoms with E-state index in [0.717, 1.165) is 34.6 Å². The molecule has 4 rings (SSSR count). The Hall–Kier alpha value is -4.20. The molecule has 0 amide bonds. The SMILES string of the molecule is CC[C@H](Oc1cccc(CN(CCCOc2ccc(OC)cc2)c2nc3ccccc3o2)c1)C(=O)O. The molecular weight excluding hydrogens is 460 g/mol. The van der Waals surface area contributed by atoms with Gasteiger partial charge in [0.25, 0.3) is 6.01 Å². The van der Waals surface area contributed by atoms with Crippen molar-refractivity contribution in [2.45, 2.75) is 32.4 Å². The Bertz CT molecular complexity index is 1240. The first-order valence-electron chi connectivity index (χ1n) is 11.9. The van der Waals surface area contributed by atoms with Gasteiger partial charge in [0.1, 0.15) is 22.8 Å². The lowest BCUT2D eigenvalue weighted by molar-refractivity contribution is -0.145. The van der Waals surface area contributed by atoms with Gasteiger partial charge in [-0.3, -0.25) is 0 Å². The molecule has 1 N–H and O–H groups in total. The number of ether oxygens (including phenoxy) is 3. The van der Waals surface area contributed by atoms with Crippen LogP contribution in [0.2, 0.25) is 0 Å². The quantitative estimate of drug-likeness (QED) is 0.244. The summed E-state index contributed by atoms with van der Waals surface area (Å²) in [6.45, 7) is 3.45. The van der Waals surface area contributed by atoms with Crippen molar-refractivity contribution in [1.82, 2.24) is 4.98 Å². The molecule has 0 aliphatic carbocycles. The molecule has 4 aromatic rings. The van der Waals surface area contributed by atoms with E-state index in [1.807, 2.05) is 71.6 Å².